The fraction of sp³-hybridized carbons (Fsp3) is 0.111. The Kier molecular flexibility index (Phi) is 3.70. The van der Waals surface area contributed by atoms with Crippen molar-refractivity contribution in [2.75, 3.05) is 18.1 Å². The van der Waals surface area contributed by atoms with Crippen molar-refractivity contribution in [1.82, 2.24) is 9.78 Å². The van der Waals surface area contributed by atoms with Gasteiger partial charge in [-0.25, -0.2) is 4.68 Å². The number of anilines is 1. The summed E-state index contributed by atoms with van der Waals surface area (Å²) in [6.07, 6.45) is 1.78. The minimum absolute atomic E-state index is 0.170. The van der Waals surface area contributed by atoms with E-state index in [9.17, 15) is 4.79 Å². The van der Waals surface area contributed by atoms with Crippen molar-refractivity contribution in [1.29, 1.82) is 0 Å². The lowest BCUT2D eigenvalue weighted by molar-refractivity contribution is 0.0971. The van der Waals surface area contributed by atoms with Gasteiger partial charge in [-0.05, 0) is 30.3 Å². The summed E-state index contributed by atoms with van der Waals surface area (Å²) in [6.45, 7) is 0.867. The van der Waals surface area contributed by atoms with Crippen LogP contribution in [0.1, 0.15) is 10.5 Å². The smallest absolute Gasteiger partial charge is 0.279 e. The number of hydrogen-bond acceptors (Lipinski definition) is 3. The third kappa shape index (κ3) is 2.53. The Morgan fingerprint density at radius 1 is 1.08 bits per heavy atom. The average Bonchev–Trinajstić information content (AvgIpc) is 3.12. The molecule has 0 aliphatic carbocycles. The number of aromatic nitrogens is 2. The van der Waals surface area contributed by atoms with Gasteiger partial charge in [-0.15, -0.1) is 0 Å². The maximum atomic E-state index is 12.9. The zero-order chi connectivity index (χ0) is 16.5. The standard InChI is InChI=1S/C18H14ClN3O2/c19-14-7-4-8-16-17(14)24-12-11-21(16)18(23)15-9-10-22(20-15)13-5-2-1-3-6-13/h1-10H,11-12H2. The molecule has 2 heterocycles. The molecule has 0 bridgehead atoms. The quantitative estimate of drug-likeness (QED) is 0.717. The topological polar surface area (TPSA) is 47.4 Å². The van der Waals surface area contributed by atoms with Gasteiger partial charge in [-0.2, -0.15) is 5.10 Å². The van der Waals surface area contributed by atoms with Crippen LogP contribution >= 0.6 is 11.6 Å². The number of carbonyl (C=O) groups excluding carboxylic acids is 1. The summed E-state index contributed by atoms with van der Waals surface area (Å²) in [7, 11) is 0. The van der Waals surface area contributed by atoms with Crippen LogP contribution in [-0.2, 0) is 0 Å². The van der Waals surface area contributed by atoms with Crippen LogP contribution in [-0.4, -0.2) is 28.8 Å². The molecule has 0 saturated heterocycles. The van der Waals surface area contributed by atoms with Crippen LogP contribution in [0.3, 0.4) is 0 Å². The number of fused-ring (bicyclic) bond motifs is 1. The molecule has 120 valence electrons. The molecule has 1 aromatic heterocycles. The first-order chi connectivity index (χ1) is 11.7. The van der Waals surface area contributed by atoms with Gasteiger partial charge in [0.25, 0.3) is 5.91 Å². The van der Waals surface area contributed by atoms with E-state index in [0.29, 0.717) is 35.3 Å². The predicted molar refractivity (Wildman–Crippen MR) is 92.2 cm³/mol. The monoisotopic (exact) mass is 339 g/mol. The summed E-state index contributed by atoms with van der Waals surface area (Å²) in [5.41, 5.74) is 1.96. The molecule has 0 N–H and O–H groups in total. The molecule has 0 radical (unpaired) electrons. The van der Waals surface area contributed by atoms with Gasteiger partial charge in [0.15, 0.2) is 11.4 Å². The third-order valence-corrected chi connectivity index (χ3v) is 4.17. The highest BCUT2D eigenvalue weighted by atomic mass is 35.5. The molecule has 24 heavy (non-hydrogen) atoms. The molecule has 4 rings (SSSR count). The normalized spacial score (nSPS) is 13.3. The van der Waals surface area contributed by atoms with Gasteiger partial charge in [-0.1, -0.05) is 35.9 Å². The number of nitrogens with zero attached hydrogens (tertiary/aromatic N) is 3. The second kappa shape index (κ2) is 6.02. The molecule has 1 amide bonds. The lowest BCUT2D eigenvalue weighted by Gasteiger charge is -2.29. The van der Waals surface area contributed by atoms with Gasteiger partial charge in [0.05, 0.1) is 22.9 Å². The Balaban J connectivity index is 1.67. The van der Waals surface area contributed by atoms with Crippen molar-refractivity contribution in [2.45, 2.75) is 0 Å². The van der Waals surface area contributed by atoms with E-state index >= 15 is 0 Å². The Hall–Kier alpha value is -2.79. The van der Waals surface area contributed by atoms with Crippen LogP contribution in [0, 0.1) is 0 Å². The van der Waals surface area contributed by atoms with Crippen LogP contribution in [0.5, 0.6) is 5.75 Å². The number of carbonyl (C=O) groups is 1. The number of ether oxygens (including phenoxy) is 1. The fourth-order valence-corrected chi connectivity index (χ4v) is 2.95. The summed E-state index contributed by atoms with van der Waals surface area (Å²) in [5, 5.41) is 4.90. The molecule has 0 fully saturated rings. The Morgan fingerprint density at radius 2 is 1.92 bits per heavy atom. The molecular weight excluding hydrogens is 326 g/mol. The first-order valence-corrected chi connectivity index (χ1v) is 7.96. The molecule has 5 nitrogen and oxygen atoms in total. The summed E-state index contributed by atoms with van der Waals surface area (Å²) in [5.74, 6) is 0.373. The van der Waals surface area contributed by atoms with Crippen molar-refractivity contribution in [3.63, 3.8) is 0 Å². The zero-order valence-electron chi connectivity index (χ0n) is 12.7. The van der Waals surface area contributed by atoms with Gasteiger partial charge in [0.1, 0.15) is 6.61 Å². The first-order valence-electron chi connectivity index (χ1n) is 7.58. The van der Waals surface area contributed by atoms with E-state index in [4.69, 9.17) is 16.3 Å². The van der Waals surface area contributed by atoms with Crippen molar-refractivity contribution >= 4 is 23.2 Å². The van der Waals surface area contributed by atoms with Crippen LogP contribution in [0.15, 0.2) is 60.8 Å². The highest BCUT2D eigenvalue weighted by Gasteiger charge is 2.27. The molecule has 0 atom stereocenters. The molecule has 0 saturated carbocycles. The van der Waals surface area contributed by atoms with Gasteiger partial charge in [0.2, 0.25) is 0 Å². The molecule has 2 aromatic carbocycles. The summed E-state index contributed by atoms with van der Waals surface area (Å²) < 4.78 is 7.28. The lowest BCUT2D eigenvalue weighted by Crippen LogP contribution is -2.38. The van der Waals surface area contributed by atoms with Gasteiger partial charge < -0.3 is 4.74 Å². The molecule has 3 aromatic rings. The molecule has 1 aliphatic rings. The van der Waals surface area contributed by atoms with E-state index in [1.54, 1.807) is 34.0 Å². The Morgan fingerprint density at radius 3 is 2.75 bits per heavy atom. The van der Waals surface area contributed by atoms with Gasteiger partial charge in [0, 0.05) is 6.20 Å². The Bertz CT molecular complexity index is 892. The van der Waals surface area contributed by atoms with Crippen LogP contribution in [0.4, 0.5) is 5.69 Å². The average molecular weight is 340 g/mol. The maximum absolute atomic E-state index is 12.9. The summed E-state index contributed by atoms with van der Waals surface area (Å²) >= 11 is 6.16. The van der Waals surface area contributed by atoms with Gasteiger partial charge >= 0.3 is 0 Å². The van der Waals surface area contributed by atoms with Crippen LogP contribution in [0.2, 0.25) is 5.02 Å². The summed E-state index contributed by atoms with van der Waals surface area (Å²) in [4.78, 5) is 14.5. The molecular formula is C18H14ClN3O2. The number of rotatable bonds is 2. The zero-order valence-corrected chi connectivity index (χ0v) is 13.5. The minimum atomic E-state index is -0.170. The highest BCUT2D eigenvalue weighted by Crippen LogP contribution is 2.38. The van der Waals surface area contributed by atoms with Crippen LogP contribution < -0.4 is 9.64 Å². The third-order valence-electron chi connectivity index (χ3n) is 3.87. The number of benzene rings is 2. The number of para-hydroxylation sites is 2. The first kappa shape index (κ1) is 14.8. The minimum Gasteiger partial charge on any atom is -0.488 e. The highest BCUT2D eigenvalue weighted by molar-refractivity contribution is 6.32. The van der Waals surface area contributed by atoms with E-state index in [-0.39, 0.29) is 5.91 Å². The molecule has 0 spiro atoms. The number of hydrogen-bond donors (Lipinski definition) is 0. The largest absolute Gasteiger partial charge is 0.488 e. The maximum Gasteiger partial charge on any atom is 0.279 e. The van der Waals surface area contributed by atoms with Crippen molar-refractivity contribution in [3.8, 4) is 11.4 Å². The van der Waals surface area contributed by atoms with E-state index in [1.807, 2.05) is 36.4 Å². The van der Waals surface area contributed by atoms with Gasteiger partial charge in [-0.3, -0.25) is 9.69 Å². The molecule has 1 aliphatic heterocycles. The summed E-state index contributed by atoms with van der Waals surface area (Å²) in [6, 6.07) is 16.8. The predicted octanol–water partition coefficient (Wildman–Crippen LogP) is 3.56. The van der Waals surface area contributed by atoms with E-state index in [0.717, 1.165) is 5.69 Å². The second-order valence-electron chi connectivity index (χ2n) is 5.37. The van der Waals surface area contributed by atoms with Crippen molar-refractivity contribution in [2.24, 2.45) is 0 Å². The second-order valence-corrected chi connectivity index (χ2v) is 5.78. The number of halogens is 1. The fourth-order valence-electron chi connectivity index (χ4n) is 2.72. The Labute approximate surface area is 144 Å². The molecule has 0 unspecified atom stereocenters. The number of amides is 1. The van der Waals surface area contributed by atoms with E-state index in [1.165, 1.54) is 0 Å². The van der Waals surface area contributed by atoms with Crippen molar-refractivity contribution in [3.05, 3.63) is 71.5 Å². The SMILES string of the molecule is O=C(c1ccn(-c2ccccc2)n1)N1CCOc2c(Cl)cccc21. The van der Waals surface area contributed by atoms with E-state index in [2.05, 4.69) is 5.10 Å². The van der Waals surface area contributed by atoms with E-state index < -0.39 is 0 Å². The lowest BCUT2D eigenvalue weighted by atomic mass is 10.2. The van der Waals surface area contributed by atoms with Crippen molar-refractivity contribution < 1.29 is 9.53 Å². The van der Waals surface area contributed by atoms with Crippen LogP contribution in [0.25, 0.3) is 5.69 Å². The molecule has 6 heteroatoms.